The second-order valence-corrected chi connectivity index (χ2v) is 10.4. The zero-order valence-electron chi connectivity index (χ0n) is 21.9. The quantitative estimate of drug-likeness (QED) is 0.453. The van der Waals surface area contributed by atoms with Crippen LogP contribution in [0.15, 0.2) is 36.4 Å². The normalized spacial score (nSPS) is 17.9. The number of hydrogen-bond acceptors (Lipinski definition) is 7. The molecule has 0 atom stereocenters. The molecule has 4 heterocycles. The first-order valence-corrected chi connectivity index (χ1v) is 13.6. The van der Waals surface area contributed by atoms with Gasteiger partial charge in [-0.1, -0.05) is 6.07 Å². The molecule has 1 saturated carbocycles. The predicted molar refractivity (Wildman–Crippen MR) is 141 cm³/mol. The number of carbonyl (C=O) groups excluding carboxylic acids is 1. The lowest BCUT2D eigenvalue weighted by Gasteiger charge is -2.35. The SMILES string of the molecule is CC(=O)N1CCc2nc(N3CCC(Oc4ccc(F)cc4F)CC3)c(-c3cccc(OC4CCC4)n3)nc2C1. The van der Waals surface area contributed by atoms with Crippen molar-refractivity contribution in [3.63, 3.8) is 0 Å². The van der Waals surface area contributed by atoms with Gasteiger partial charge in [-0.25, -0.2) is 23.7 Å². The van der Waals surface area contributed by atoms with Crippen LogP contribution in [0.4, 0.5) is 14.6 Å². The average Bonchev–Trinajstić information content (AvgIpc) is 2.92. The van der Waals surface area contributed by atoms with Crippen LogP contribution < -0.4 is 14.4 Å². The molecule has 0 spiro atoms. The number of aromatic nitrogens is 3. The van der Waals surface area contributed by atoms with Gasteiger partial charge in [0.25, 0.3) is 0 Å². The van der Waals surface area contributed by atoms with Crippen molar-refractivity contribution in [2.75, 3.05) is 24.5 Å². The molecule has 2 fully saturated rings. The maximum absolute atomic E-state index is 14.1. The van der Waals surface area contributed by atoms with Gasteiger partial charge in [-0.05, 0) is 37.5 Å². The summed E-state index contributed by atoms with van der Waals surface area (Å²) < 4.78 is 39.3. The molecule has 0 bridgehead atoms. The fourth-order valence-corrected chi connectivity index (χ4v) is 5.19. The van der Waals surface area contributed by atoms with Crippen LogP contribution in [0.2, 0.25) is 0 Å². The minimum absolute atomic E-state index is 0.0155. The second-order valence-electron chi connectivity index (χ2n) is 10.4. The number of amides is 1. The third-order valence-electron chi connectivity index (χ3n) is 7.67. The molecule has 2 aliphatic heterocycles. The molecular weight excluding hydrogens is 504 g/mol. The van der Waals surface area contributed by atoms with Gasteiger partial charge in [0.15, 0.2) is 17.4 Å². The molecule has 3 aromatic rings. The number of carbonyl (C=O) groups is 1. The minimum Gasteiger partial charge on any atom is -0.487 e. The summed E-state index contributed by atoms with van der Waals surface area (Å²) in [5.74, 6) is 0.0601. The maximum atomic E-state index is 14.1. The molecule has 204 valence electrons. The van der Waals surface area contributed by atoms with E-state index in [1.807, 2.05) is 18.2 Å². The van der Waals surface area contributed by atoms with E-state index in [0.29, 0.717) is 62.7 Å². The number of hydrogen-bond donors (Lipinski definition) is 0. The van der Waals surface area contributed by atoms with Crippen molar-refractivity contribution < 1.29 is 23.0 Å². The highest BCUT2D eigenvalue weighted by Crippen LogP contribution is 2.34. The third kappa shape index (κ3) is 5.51. The van der Waals surface area contributed by atoms with Gasteiger partial charge in [-0.2, -0.15) is 0 Å². The van der Waals surface area contributed by atoms with Gasteiger partial charge in [0.05, 0.1) is 23.6 Å². The molecule has 1 saturated heterocycles. The number of nitrogens with zero attached hydrogens (tertiary/aromatic N) is 5. The largest absolute Gasteiger partial charge is 0.487 e. The molecule has 10 heteroatoms. The second kappa shape index (κ2) is 10.7. The maximum Gasteiger partial charge on any atom is 0.219 e. The van der Waals surface area contributed by atoms with Crippen LogP contribution in [-0.2, 0) is 17.8 Å². The van der Waals surface area contributed by atoms with Gasteiger partial charge in [-0.15, -0.1) is 0 Å². The molecule has 3 aliphatic rings. The summed E-state index contributed by atoms with van der Waals surface area (Å²) >= 11 is 0. The highest BCUT2D eigenvalue weighted by molar-refractivity contribution is 5.74. The molecule has 0 N–H and O–H groups in total. The molecule has 1 aliphatic carbocycles. The fourth-order valence-electron chi connectivity index (χ4n) is 5.19. The van der Waals surface area contributed by atoms with Gasteiger partial charge in [-0.3, -0.25) is 4.79 Å². The number of fused-ring (bicyclic) bond motifs is 1. The number of rotatable bonds is 6. The third-order valence-corrected chi connectivity index (χ3v) is 7.67. The Labute approximate surface area is 226 Å². The molecule has 39 heavy (non-hydrogen) atoms. The van der Waals surface area contributed by atoms with Crippen LogP contribution in [0.25, 0.3) is 11.4 Å². The molecule has 1 amide bonds. The summed E-state index contributed by atoms with van der Waals surface area (Å²) in [7, 11) is 0. The van der Waals surface area contributed by atoms with Crippen LogP contribution in [-0.4, -0.2) is 57.6 Å². The Bertz CT molecular complexity index is 1380. The molecule has 0 radical (unpaired) electrons. The van der Waals surface area contributed by atoms with Crippen molar-refractivity contribution in [2.24, 2.45) is 0 Å². The Hall–Kier alpha value is -3.82. The average molecular weight is 536 g/mol. The van der Waals surface area contributed by atoms with Crippen molar-refractivity contribution in [2.45, 2.75) is 64.2 Å². The van der Waals surface area contributed by atoms with Gasteiger partial charge >= 0.3 is 0 Å². The van der Waals surface area contributed by atoms with E-state index < -0.39 is 11.6 Å². The lowest BCUT2D eigenvalue weighted by atomic mass is 9.96. The predicted octanol–water partition coefficient (Wildman–Crippen LogP) is 4.70. The molecule has 6 rings (SSSR count). The first-order valence-electron chi connectivity index (χ1n) is 13.6. The van der Waals surface area contributed by atoms with E-state index in [9.17, 15) is 13.6 Å². The summed E-state index contributed by atoms with van der Waals surface area (Å²) in [6.07, 6.45) is 5.18. The van der Waals surface area contributed by atoms with Gasteiger partial charge in [0, 0.05) is 58.0 Å². The topological polar surface area (TPSA) is 80.7 Å². The molecule has 2 aromatic heterocycles. The van der Waals surface area contributed by atoms with Crippen LogP contribution >= 0.6 is 0 Å². The first-order chi connectivity index (χ1) is 18.9. The van der Waals surface area contributed by atoms with E-state index in [2.05, 4.69) is 4.90 Å². The monoisotopic (exact) mass is 535 g/mol. The number of pyridine rings is 1. The Kier molecular flexibility index (Phi) is 7.01. The van der Waals surface area contributed by atoms with Crippen LogP contribution in [0, 0.1) is 11.6 Å². The van der Waals surface area contributed by atoms with E-state index in [4.69, 9.17) is 24.4 Å². The number of piperidine rings is 1. The van der Waals surface area contributed by atoms with Crippen molar-refractivity contribution in [3.8, 4) is 23.0 Å². The Morgan fingerprint density at radius 1 is 0.923 bits per heavy atom. The number of benzene rings is 1. The van der Waals surface area contributed by atoms with Crippen molar-refractivity contribution in [3.05, 3.63) is 59.4 Å². The lowest BCUT2D eigenvalue weighted by Crippen LogP contribution is -2.40. The van der Waals surface area contributed by atoms with Crippen molar-refractivity contribution in [1.82, 2.24) is 19.9 Å². The Morgan fingerprint density at radius 2 is 1.72 bits per heavy atom. The first kappa shape index (κ1) is 25.5. The summed E-state index contributed by atoms with van der Waals surface area (Å²) in [4.78, 5) is 30.9. The standard InChI is InChI=1S/C29H31F2N5O3/c1-18(37)36-15-12-23-25(17-36)33-28(24-6-3-7-27(32-24)39-20-4-2-5-20)29(34-23)35-13-10-21(11-14-35)38-26-9-8-19(30)16-22(26)31/h3,6-9,16,20-21H,2,4-5,10-15,17H2,1H3. The van der Waals surface area contributed by atoms with E-state index in [1.165, 1.54) is 18.6 Å². The molecule has 1 aromatic carbocycles. The number of anilines is 1. The molecular formula is C29H31F2N5O3. The fraction of sp³-hybridized carbons (Fsp3) is 0.448. The summed E-state index contributed by atoms with van der Waals surface area (Å²) in [5, 5.41) is 0. The zero-order chi connectivity index (χ0) is 26.9. The summed E-state index contributed by atoms with van der Waals surface area (Å²) in [6.45, 7) is 3.86. The summed E-state index contributed by atoms with van der Waals surface area (Å²) in [5.41, 5.74) is 3.00. The van der Waals surface area contributed by atoms with E-state index in [1.54, 1.807) is 11.8 Å². The molecule has 0 unspecified atom stereocenters. The Morgan fingerprint density at radius 3 is 2.44 bits per heavy atom. The molecule has 8 nitrogen and oxygen atoms in total. The van der Waals surface area contributed by atoms with Crippen molar-refractivity contribution in [1.29, 1.82) is 0 Å². The van der Waals surface area contributed by atoms with Gasteiger partial charge in [0.2, 0.25) is 11.8 Å². The highest BCUT2D eigenvalue weighted by atomic mass is 19.1. The van der Waals surface area contributed by atoms with E-state index in [0.717, 1.165) is 36.1 Å². The van der Waals surface area contributed by atoms with E-state index in [-0.39, 0.29) is 23.9 Å². The van der Waals surface area contributed by atoms with E-state index >= 15 is 0 Å². The Balaban J connectivity index is 1.27. The van der Waals surface area contributed by atoms with Crippen LogP contribution in [0.5, 0.6) is 11.6 Å². The highest BCUT2D eigenvalue weighted by Gasteiger charge is 2.29. The smallest absolute Gasteiger partial charge is 0.219 e. The minimum atomic E-state index is -0.699. The van der Waals surface area contributed by atoms with Crippen LogP contribution in [0.3, 0.4) is 0 Å². The number of ether oxygens (including phenoxy) is 2. The van der Waals surface area contributed by atoms with Crippen molar-refractivity contribution >= 4 is 11.7 Å². The van der Waals surface area contributed by atoms with Gasteiger partial charge in [0.1, 0.15) is 23.7 Å². The number of halogens is 2. The lowest BCUT2D eigenvalue weighted by molar-refractivity contribution is -0.129. The van der Waals surface area contributed by atoms with Crippen LogP contribution in [0.1, 0.15) is 50.4 Å². The zero-order valence-corrected chi connectivity index (χ0v) is 21.9. The van der Waals surface area contributed by atoms with Gasteiger partial charge < -0.3 is 19.3 Å². The summed E-state index contributed by atoms with van der Waals surface area (Å²) in [6, 6.07) is 9.06.